The van der Waals surface area contributed by atoms with Crippen molar-refractivity contribution in [3.8, 4) is 11.5 Å². The molecule has 0 spiro atoms. The number of hydrogen-bond donors (Lipinski definition) is 1. The Kier molecular flexibility index (Phi) is 5.48. The van der Waals surface area contributed by atoms with E-state index in [0.717, 1.165) is 16.4 Å². The SMILES string of the molecule is O=C(CSc1ccc(F)cc1)Nc1cnn(C[C@H]2COc3ccccc3O2)c1. The van der Waals surface area contributed by atoms with Crippen LogP contribution < -0.4 is 14.8 Å². The highest BCUT2D eigenvalue weighted by molar-refractivity contribution is 8.00. The van der Waals surface area contributed by atoms with Crippen LogP contribution in [0.1, 0.15) is 0 Å². The van der Waals surface area contributed by atoms with E-state index in [1.807, 2.05) is 24.3 Å². The number of ether oxygens (including phenoxy) is 2. The predicted molar refractivity (Wildman–Crippen MR) is 104 cm³/mol. The third kappa shape index (κ3) is 4.64. The van der Waals surface area contributed by atoms with Gasteiger partial charge < -0.3 is 14.8 Å². The fourth-order valence-electron chi connectivity index (χ4n) is 2.77. The Morgan fingerprint density at radius 2 is 2.00 bits per heavy atom. The molecular weight excluding hydrogens is 381 g/mol. The lowest BCUT2D eigenvalue weighted by atomic mass is 10.2. The van der Waals surface area contributed by atoms with Gasteiger partial charge in [-0.2, -0.15) is 5.10 Å². The maximum Gasteiger partial charge on any atom is 0.234 e. The van der Waals surface area contributed by atoms with E-state index < -0.39 is 0 Å². The minimum absolute atomic E-state index is 0.153. The normalized spacial score (nSPS) is 15.2. The molecule has 0 unspecified atom stereocenters. The molecule has 1 amide bonds. The Hall–Kier alpha value is -3.00. The molecule has 2 aromatic carbocycles. The quantitative estimate of drug-likeness (QED) is 0.642. The number of para-hydroxylation sites is 2. The summed E-state index contributed by atoms with van der Waals surface area (Å²) in [5.41, 5.74) is 0.613. The Labute approximate surface area is 165 Å². The van der Waals surface area contributed by atoms with E-state index in [0.29, 0.717) is 18.8 Å². The summed E-state index contributed by atoms with van der Waals surface area (Å²) in [6.45, 7) is 0.946. The number of rotatable bonds is 6. The zero-order valence-electron chi connectivity index (χ0n) is 14.9. The van der Waals surface area contributed by atoms with Crippen LogP contribution in [0.5, 0.6) is 11.5 Å². The van der Waals surface area contributed by atoms with Crippen molar-refractivity contribution in [3.63, 3.8) is 0 Å². The molecule has 0 bridgehead atoms. The van der Waals surface area contributed by atoms with Gasteiger partial charge in [0, 0.05) is 11.1 Å². The summed E-state index contributed by atoms with van der Waals surface area (Å²) in [6, 6.07) is 13.6. The van der Waals surface area contributed by atoms with Crippen molar-refractivity contribution in [1.29, 1.82) is 0 Å². The molecule has 144 valence electrons. The summed E-state index contributed by atoms with van der Waals surface area (Å²) < 4.78 is 26.2. The Bertz CT molecular complexity index is 961. The lowest BCUT2D eigenvalue weighted by molar-refractivity contribution is -0.113. The Balaban J connectivity index is 1.27. The van der Waals surface area contributed by atoms with Gasteiger partial charge in [0.25, 0.3) is 0 Å². The molecular formula is C20H18FN3O3S. The van der Waals surface area contributed by atoms with Gasteiger partial charge in [-0.1, -0.05) is 12.1 Å². The fourth-order valence-corrected chi connectivity index (χ4v) is 3.46. The number of thioether (sulfide) groups is 1. The van der Waals surface area contributed by atoms with Crippen molar-refractivity contribution < 1.29 is 18.7 Å². The van der Waals surface area contributed by atoms with E-state index >= 15 is 0 Å². The van der Waals surface area contributed by atoms with Crippen LogP contribution in [0.3, 0.4) is 0 Å². The molecule has 1 atom stereocenters. The van der Waals surface area contributed by atoms with Gasteiger partial charge in [-0.15, -0.1) is 11.8 Å². The number of anilines is 1. The summed E-state index contributed by atoms with van der Waals surface area (Å²) in [6.07, 6.45) is 3.19. The topological polar surface area (TPSA) is 65.4 Å². The number of nitrogens with one attached hydrogen (secondary N) is 1. The second-order valence-corrected chi connectivity index (χ2v) is 7.29. The van der Waals surface area contributed by atoms with E-state index in [9.17, 15) is 9.18 Å². The molecule has 1 aromatic heterocycles. The van der Waals surface area contributed by atoms with E-state index in [1.54, 1.807) is 29.2 Å². The highest BCUT2D eigenvalue weighted by Gasteiger charge is 2.21. The minimum Gasteiger partial charge on any atom is -0.486 e. The van der Waals surface area contributed by atoms with Crippen LogP contribution in [0.4, 0.5) is 10.1 Å². The average Bonchev–Trinajstić information content (AvgIpc) is 3.14. The summed E-state index contributed by atoms with van der Waals surface area (Å²) in [5.74, 6) is 1.24. The molecule has 6 nitrogen and oxygen atoms in total. The third-order valence-electron chi connectivity index (χ3n) is 4.06. The molecule has 8 heteroatoms. The van der Waals surface area contributed by atoms with E-state index in [-0.39, 0.29) is 23.6 Å². The van der Waals surface area contributed by atoms with Gasteiger partial charge in [0.1, 0.15) is 12.4 Å². The summed E-state index contributed by atoms with van der Waals surface area (Å²) in [7, 11) is 0. The molecule has 1 N–H and O–H groups in total. The number of halogens is 1. The van der Waals surface area contributed by atoms with Crippen LogP contribution in [-0.2, 0) is 11.3 Å². The lowest BCUT2D eigenvalue weighted by Crippen LogP contribution is -2.33. The molecule has 4 rings (SSSR count). The van der Waals surface area contributed by atoms with Crippen molar-refractivity contribution in [2.24, 2.45) is 0 Å². The summed E-state index contributed by atoms with van der Waals surface area (Å²) in [5, 5.41) is 7.07. The molecule has 0 saturated heterocycles. The first-order valence-corrected chi connectivity index (χ1v) is 9.73. The van der Waals surface area contributed by atoms with Gasteiger partial charge in [-0.05, 0) is 36.4 Å². The van der Waals surface area contributed by atoms with Gasteiger partial charge in [0.2, 0.25) is 5.91 Å². The second-order valence-electron chi connectivity index (χ2n) is 6.24. The molecule has 0 aliphatic carbocycles. The number of fused-ring (bicyclic) bond motifs is 1. The number of hydrogen-bond acceptors (Lipinski definition) is 5. The van der Waals surface area contributed by atoms with Crippen LogP contribution in [0, 0.1) is 5.82 Å². The standard InChI is InChI=1S/C20H18FN3O3S/c21-14-5-7-17(8-6-14)28-13-20(25)23-15-9-22-24(10-15)11-16-12-26-18-3-1-2-4-19(18)27-16/h1-10,16H,11-13H2,(H,23,25)/t16-/m0/s1. The highest BCUT2D eigenvalue weighted by Crippen LogP contribution is 2.31. The highest BCUT2D eigenvalue weighted by atomic mass is 32.2. The zero-order valence-corrected chi connectivity index (χ0v) is 15.7. The molecule has 0 fully saturated rings. The maximum absolute atomic E-state index is 12.9. The van der Waals surface area contributed by atoms with Gasteiger partial charge >= 0.3 is 0 Å². The Morgan fingerprint density at radius 3 is 2.82 bits per heavy atom. The van der Waals surface area contributed by atoms with Crippen LogP contribution in [0.2, 0.25) is 0 Å². The van der Waals surface area contributed by atoms with E-state index in [2.05, 4.69) is 10.4 Å². The largest absolute Gasteiger partial charge is 0.486 e. The van der Waals surface area contributed by atoms with E-state index in [4.69, 9.17) is 9.47 Å². The van der Waals surface area contributed by atoms with Crippen LogP contribution in [0.25, 0.3) is 0 Å². The van der Waals surface area contributed by atoms with Crippen LogP contribution in [-0.4, -0.2) is 34.2 Å². The maximum atomic E-state index is 12.9. The smallest absolute Gasteiger partial charge is 0.234 e. The van der Waals surface area contributed by atoms with Crippen LogP contribution >= 0.6 is 11.8 Å². The molecule has 1 aliphatic heterocycles. The molecule has 2 heterocycles. The summed E-state index contributed by atoms with van der Waals surface area (Å²) >= 11 is 1.34. The molecule has 0 saturated carbocycles. The van der Waals surface area contributed by atoms with Gasteiger partial charge in [-0.3, -0.25) is 9.48 Å². The minimum atomic E-state index is -0.294. The number of amides is 1. The third-order valence-corrected chi connectivity index (χ3v) is 5.07. The number of nitrogens with zero attached hydrogens (tertiary/aromatic N) is 2. The first-order chi connectivity index (χ1) is 13.7. The lowest BCUT2D eigenvalue weighted by Gasteiger charge is -2.26. The number of aromatic nitrogens is 2. The first kappa shape index (κ1) is 18.4. The number of carbonyl (C=O) groups excluding carboxylic acids is 1. The van der Waals surface area contributed by atoms with Crippen LogP contribution in [0.15, 0.2) is 65.8 Å². The number of carbonyl (C=O) groups is 1. The monoisotopic (exact) mass is 399 g/mol. The molecule has 1 aliphatic rings. The summed E-state index contributed by atoms with van der Waals surface area (Å²) in [4.78, 5) is 12.9. The Morgan fingerprint density at radius 1 is 1.21 bits per heavy atom. The van der Waals surface area contributed by atoms with Gasteiger partial charge in [-0.25, -0.2) is 4.39 Å². The van der Waals surface area contributed by atoms with Crippen molar-refractivity contribution in [2.75, 3.05) is 17.7 Å². The molecule has 28 heavy (non-hydrogen) atoms. The van der Waals surface area contributed by atoms with Gasteiger partial charge in [0.15, 0.2) is 17.6 Å². The number of benzene rings is 2. The van der Waals surface area contributed by atoms with Crippen molar-refractivity contribution in [3.05, 3.63) is 66.7 Å². The average molecular weight is 399 g/mol. The first-order valence-electron chi connectivity index (χ1n) is 8.75. The van der Waals surface area contributed by atoms with E-state index in [1.165, 1.54) is 23.9 Å². The second kappa shape index (κ2) is 8.35. The van der Waals surface area contributed by atoms with Crippen molar-refractivity contribution >= 4 is 23.4 Å². The van der Waals surface area contributed by atoms with Crippen molar-refractivity contribution in [1.82, 2.24) is 9.78 Å². The van der Waals surface area contributed by atoms with Crippen molar-refractivity contribution in [2.45, 2.75) is 17.5 Å². The van der Waals surface area contributed by atoms with Gasteiger partial charge in [0.05, 0.1) is 24.2 Å². The molecule has 0 radical (unpaired) electrons. The predicted octanol–water partition coefficient (Wildman–Crippen LogP) is 3.59. The fraction of sp³-hybridized carbons (Fsp3) is 0.200. The zero-order chi connectivity index (χ0) is 19.3. The molecule has 3 aromatic rings.